The van der Waals surface area contributed by atoms with Gasteiger partial charge >= 0.3 is 0 Å². The summed E-state index contributed by atoms with van der Waals surface area (Å²) in [5.41, 5.74) is 1.19. The van der Waals surface area contributed by atoms with E-state index in [4.69, 9.17) is 0 Å². The average molecular weight is 453 g/mol. The summed E-state index contributed by atoms with van der Waals surface area (Å²) in [7, 11) is -1.94. The molecular formula is C21H26F2N4O3S. The highest BCUT2D eigenvalue weighted by atomic mass is 32.2. The molecule has 2 fully saturated rings. The SMILES string of the molecule is Cn1cccc1[C@@H]1CCCN1CC(=O)N1CCN(S(=O)(=O)c2ccc(F)c(F)c2)CC1. The number of sulfonamides is 1. The minimum Gasteiger partial charge on any atom is -0.353 e. The number of rotatable bonds is 5. The summed E-state index contributed by atoms with van der Waals surface area (Å²) in [6, 6.07) is 6.84. The number of aryl methyl sites for hydroxylation is 1. The van der Waals surface area contributed by atoms with Gasteiger partial charge in [-0.2, -0.15) is 4.31 Å². The van der Waals surface area contributed by atoms with Gasteiger partial charge in [0.1, 0.15) is 0 Å². The number of hydrogen-bond acceptors (Lipinski definition) is 4. The molecular weight excluding hydrogens is 426 g/mol. The molecule has 7 nitrogen and oxygen atoms in total. The number of hydrogen-bond donors (Lipinski definition) is 0. The van der Waals surface area contributed by atoms with Gasteiger partial charge in [0.2, 0.25) is 15.9 Å². The number of nitrogens with zero attached hydrogens (tertiary/aromatic N) is 4. The Balaban J connectivity index is 1.36. The summed E-state index contributed by atoms with van der Waals surface area (Å²) in [6.07, 6.45) is 4.04. The molecule has 0 aliphatic carbocycles. The quantitative estimate of drug-likeness (QED) is 0.696. The number of likely N-dealkylation sites (tertiary alicyclic amines) is 1. The molecule has 2 saturated heterocycles. The first-order chi connectivity index (χ1) is 14.8. The van der Waals surface area contributed by atoms with Gasteiger partial charge in [0.25, 0.3) is 0 Å². The van der Waals surface area contributed by atoms with E-state index >= 15 is 0 Å². The predicted molar refractivity (Wildman–Crippen MR) is 111 cm³/mol. The second kappa shape index (κ2) is 8.68. The van der Waals surface area contributed by atoms with Crippen molar-refractivity contribution < 1.29 is 22.0 Å². The molecule has 2 aliphatic rings. The van der Waals surface area contributed by atoms with Crippen LogP contribution in [0.5, 0.6) is 0 Å². The third-order valence-electron chi connectivity index (χ3n) is 6.15. The van der Waals surface area contributed by atoms with Crippen molar-refractivity contribution in [3.8, 4) is 0 Å². The number of carbonyl (C=O) groups is 1. The Bertz CT molecular complexity index is 1060. The van der Waals surface area contributed by atoms with Gasteiger partial charge in [-0.15, -0.1) is 0 Å². The maximum atomic E-state index is 13.5. The first-order valence-electron chi connectivity index (χ1n) is 10.4. The number of benzene rings is 1. The molecule has 0 unspecified atom stereocenters. The van der Waals surface area contributed by atoms with Crippen molar-refractivity contribution in [3.63, 3.8) is 0 Å². The molecule has 0 spiro atoms. The zero-order valence-corrected chi connectivity index (χ0v) is 18.2. The molecule has 2 aromatic rings. The summed E-state index contributed by atoms with van der Waals surface area (Å²) in [5, 5.41) is 0. The van der Waals surface area contributed by atoms with Crippen LogP contribution < -0.4 is 0 Å². The van der Waals surface area contributed by atoms with Crippen LogP contribution in [0.15, 0.2) is 41.4 Å². The molecule has 3 heterocycles. The molecule has 0 radical (unpaired) electrons. The predicted octanol–water partition coefficient (Wildman–Crippen LogP) is 1.97. The van der Waals surface area contributed by atoms with Crippen LogP contribution in [0.4, 0.5) is 8.78 Å². The Labute approximate surface area is 180 Å². The normalized spacial score (nSPS) is 21.0. The lowest BCUT2D eigenvalue weighted by atomic mass is 10.1. The van der Waals surface area contributed by atoms with Crippen molar-refractivity contribution in [1.82, 2.24) is 18.7 Å². The van der Waals surface area contributed by atoms with Crippen LogP contribution in [0, 0.1) is 11.6 Å². The van der Waals surface area contributed by atoms with Crippen LogP contribution in [-0.4, -0.2) is 72.3 Å². The summed E-state index contributed by atoms with van der Waals surface area (Å²) in [4.78, 5) is 16.5. The van der Waals surface area contributed by atoms with Crippen molar-refractivity contribution in [2.75, 3.05) is 39.3 Å². The molecule has 10 heteroatoms. The van der Waals surface area contributed by atoms with E-state index in [1.54, 1.807) is 4.90 Å². The van der Waals surface area contributed by atoms with Gasteiger partial charge in [0.05, 0.1) is 17.5 Å². The highest BCUT2D eigenvalue weighted by Gasteiger charge is 2.33. The van der Waals surface area contributed by atoms with E-state index in [1.807, 2.05) is 19.3 Å². The number of halogens is 2. The molecule has 0 N–H and O–H groups in total. The lowest BCUT2D eigenvalue weighted by Crippen LogP contribution is -2.52. The van der Waals surface area contributed by atoms with Crippen molar-refractivity contribution in [3.05, 3.63) is 53.9 Å². The van der Waals surface area contributed by atoms with Gasteiger partial charge in [0, 0.05) is 45.1 Å². The number of amides is 1. The Hall–Kier alpha value is -2.30. The Morgan fingerprint density at radius 1 is 1.06 bits per heavy atom. The molecule has 1 aromatic heterocycles. The highest BCUT2D eigenvalue weighted by molar-refractivity contribution is 7.89. The van der Waals surface area contributed by atoms with Crippen molar-refractivity contribution in [2.24, 2.45) is 7.05 Å². The maximum Gasteiger partial charge on any atom is 0.243 e. The van der Waals surface area contributed by atoms with Gasteiger partial charge < -0.3 is 9.47 Å². The molecule has 0 saturated carbocycles. The largest absolute Gasteiger partial charge is 0.353 e. The van der Waals surface area contributed by atoms with E-state index in [0.717, 1.165) is 31.5 Å². The second-order valence-electron chi connectivity index (χ2n) is 8.03. The summed E-state index contributed by atoms with van der Waals surface area (Å²) in [6.45, 7) is 1.93. The van der Waals surface area contributed by atoms with Crippen molar-refractivity contribution in [2.45, 2.75) is 23.8 Å². The fourth-order valence-electron chi connectivity index (χ4n) is 4.41. The molecule has 0 bridgehead atoms. The van der Waals surface area contributed by atoms with Crippen LogP contribution >= 0.6 is 0 Å². The van der Waals surface area contributed by atoms with Gasteiger partial charge in [-0.25, -0.2) is 17.2 Å². The molecule has 31 heavy (non-hydrogen) atoms. The monoisotopic (exact) mass is 452 g/mol. The van der Waals surface area contributed by atoms with E-state index in [0.29, 0.717) is 12.6 Å². The second-order valence-corrected chi connectivity index (χ2v) is 9.97. The minimum absolute atomic E-state index is 0.0222. The summed E-state index contributed by atoms with van der Waals surface area (Å²) in [5.74, 6) is -2.32. The smallest absolute Gasteiger partial charge is 0.243 e. The Morgan fingerprint density at radius 2 is 1.81 bits per heavy atom. The zero-order valence-electron chi connectivity index (χ0n) is 17.4. The van der Waals surface area contributed by atoms with Crippen LogP contribution in [-0.2, 0) is 21.9 Å². The number of piperazine rings is 1. The minimum atomic E-state index is -3.94. The van der Waals surface area contributed by atoms with E-state index in [9.17, 15) is 22.0 Å². The lowest BCUT2D eigenvalue weighted by Gasteiger charge is -2.35. The third kappa shape index (κ3) is 4.37. The van der Waals surface area contributed by atoms with Crippen LogP contribution in [0.2, 0.25) is 0 Å². The van der Waals surface area contributed by atoms with E-state index in [1.165, 1.54) is 10.00 Å². The molecule has 168 valence electrons. The van der Waals surface area contributed by atoms with Gasteiger partial charge in [0.15, 0.2) is 11.6 Å². The summed E-state index contributed by atoms with van der Waals surface area (Å²) < 4.78 is 55.4. The fraction of sp³-hybridized carbons (Fsp3) is 0.476. The molecule has 1 aromatic carbocycles. The maximum absolute atomic E-state index is 13.5. The molecule has 1 amide bonds. The van der Waals surface area contributed by atoms with E-state index in [-0.39, 0.29) is 43.0 Å². The van der Waals surface area contributed by atoms with Crippen LogP contribution in [0.1, 0.15) is 24.6 Å². The van der Waals surface area contributed by atoms with Crippen molar-refractivity contribution >= 4 is 15.9 Å². The Morgan fingerprint density at radius 3 is 2.45 bits per heavy atom. The first-order valence-corrected chi connectivity index (χ1v) is 11.8. The van der Waals surface area contributed by atoms with Gasteiger partial charge in [-0.3, -0.25) is 9.69 Å². The average Bonchev–Trinajstić information content (AvgIpc) is 3.38. The van der Waals surface area contributed by atoms with Crippen molar-refractivity contribution in [1.29, 1.82) is 0 Å². The number of aromatic nitrogens is 1. The standard InChI is InChI=1S/C21H26F2N4O3S/c1-24-8-2-4-19(24)20-5-3-9-26(20)15-21(28)25-10-12-27(13-11-25)31(29,30)16-6-7-17(22)18(23)14-16/h2,4,6-8,14,20H,3,5,9-13,15H2,1H3/t20-/m0/s1. The van der Waals surface area contributed by atoms with Crippen LogP contribution in [0.25, 0.3) is 0 Å². The first kappa shape index (κ1) is 21.9. The van der Waals surface area contributed by atoms with Gasteiger partial charge in [-0.1, -0.05) is 0 Å². The van der Waals surface area contributed by atoms with E-state index in [2.05, 4.69) is 15.5 Å². The van der Waals surface area contributed by atoms with Gasteiger partial charge in [-0.05, 0) is 49.7 Å². The van der Waals surface area contributed by atoms with E-state index < -0.39 is 21.7 Å². The zero-order chi connectivity index (χ0) is 22.2. The fourth-order valence-corrected chi connectivity index (χ4v) is 5.84. The van der Waals surface area contributed by atoms with Crippen LogP contribution in [0.3, 0.4) is 0 Å². The highest BCUT2D eigenvalue weighted by Crippen LogP contribution is 2.31. The third-order valence-corrected chi connectivity index (χ3v) is 8.04. The molecule has 4 rings (SSSR count). The topological polar surface area (TPSA) is 65.9 Å². The molecule has 1 atom stereocenters. The summed E-state index contributed by atoms with van der Waals surface area (Å²) >= 11 is 0. The Kier molecular flexibility index (Phi) is 6.14. The lowest BCUT2D eigenvalue weighted by molar-refractivity contribution is -0.133. The number of carbonyl (C=O) groups excluding carboxylic acids is 1. The molecule has 2 aliphatic heterocycles.